The molecule has 124 valence electrons. The lowest BCUT2D eigenvalue weighted by molar-refractivity contribution is 0.0939. The summed E-state index contributed by atoms with van der Waals surface area (Å²) in [5, 5.41) is 4.99. The Balaban J connectivity index is 1.54. The van der Waals surface area contributed by atoms with Gasteiger partial charge in [0.2, 0.25) is 0 Å². The number of carbonyl (C=O) groups excluding carboxylic acids is 1. The number of thiophene rings is 1. The van der Waals surface area contributed by atoms with Gasteiger partial charge in [0.05, 0.1) is 10.2 Å². The van der Waals surface area contributed by atoms with Crippen LogP contribution < -0.4 is 5.32 Å². The maximum absolute atomic E-state index is 13.2. The largest absolute Gasteiger partial charge is 0.347 e. The second-order valence-electron chi connectivity index (χ2n) is 6.42. The Morgan fingerprint density at radius 3 is 2.92 bits per heavy atom. The topological polar surface area (TPSA) is 34.0 Å². The Morgan fingerprint density at radius 1 is 1.29 bits per heavy atom. The van der Waals surface area contributed by atoms with E-state index in [-0.39, 0.29) is 11.7 Å². The Bertz CT molecular complexity index is 879. The zero-order chi connectivity index (χ0) is 16.5. The van der Waals surface area contributed by atoms with E-state index in [0.717, 1.165) is 22.3 Å². The molecule has 3 aromatic rings. The summed E-state index contributed by atoms with van der Waals surface area (Å²) in [5.41, 5.74) is 2.62. The molecule has 2 heterocycles. The van der Waals surface area contributed by atoms with E-state index in [2.05, 4.69) is 21.3 Å². The van der Waals surface area contributed by atoms with Gasteiger partial charge < -0.3 is 9.88 Å². The van der Waals surface area contributed by atoms with E-state index in [4.69, 9.17) is 0 Å². The Hall–Kier alpha value is -2.14. The number of fused-ring (bicyclic) bond motifs is 1. The SMILES string of the molecule is O=C(NCc1cccc(F)c1)c1cc2sccc2n1CC1CCC1. The number of aromatic nitrogens is 1. The molecule has 1 N–H and O–H groups in total. The molecule has 24 heavy (non-hydrogen) atoms. The highest BCUT2D eigenvalue weighted by Gasteiger charge is 2.22. The first-order chi connectivity index (χ1) is 11.7. The van der Waals surface area contributed by atoms with Crippen LogP contribution in [0.4, 0.5) is 4.39 Å². The monoisotopic (exact) mass is 342 g/mol. The zero-order valence-electron chi connectivity index (χ0n) is 13.3. The predicted octanol–water partition coefficient (Wildman–Crippen LogP) is 4.57. The molecule has 0 bridgehead atoms. The first-order valence-corrected chi connectivity index (χ1v) is 9.18. The van der Waals surface area contributed by atoms with Gasteiger partial charge in [0, 0.05) is 13.1 Å². The summed E-state index contributed by atoms with van der Waals surface area (Å²) in [4.78, 5) is 12.7. The minimum Gasteiger partial charge on any atom is -0.347 e. The lowest BCUT2D eigenvalue weighted by Crippen LogP contribution is -2.27. The van der Waals surface area contributed by atoms with Crippen molar-refractivity contribution >= 4 is 27.5 Å². The van der Waals surface area contributed by atoms with Crippen LogP contribution in [0.1, 0.15) is 35.3 Å². The molecule has 1 aliphatic carbocycles. The van der Waals surface area contributed by atoms with E-state index in [1.165, 1.54) is 31.4 Å². The molecule has 0 unspecified atom stereocenters. The highest BCUT2D eigenvalue weighted by Crippen LogP contribution is 2.32. The van der Waals surface area contributed by atoms with Crippen molar-refractivity contribution in [3.05, 3.63) is 58.9 Å². The van der Waals surface area contributed by atoms with Gasteiger partial charge in [-0.15, -0.1) is 11.3 Å². The van der Waals surface area contributed by atoms with Crippen molar-refractivity contribution < 1.29 is 9.18 Å². The number of benzene rings is 1. The number of hydrogen-bond acceptors (Lipinski definition) is 2. The maximum Gasteiger partial charge on any atom is 0.268 e. The molecule has 1 amide bonds. The molecule has 3 nitrogen and oxygen atoms in total. The second-order valence-corrected chi connectivity index (χ2v) is 7.37. The number of nitrogens with zero attached hydrogens (tertiary/aromatic N) is 1. The van der Waals surface area contributed by atoms with Crippen LogP contribution in [0.5, 0.6) is 0 Å². The van der Waals surface area contributed by atoms with E-state index >= 15 is 0 Å². The molecule has 0 radical (unpaired) electrons. The van der Waals surface area contributed by atoms with Crippen LogP contribution in [0.15, 0.2) is 41.8 Å². The van der Waals surface area contributed by atoms with E-state index < -0.39 is 0 Å². The third kappa shape index (κ3) is 2.96. The van der Waals surface area contributed by atoms with Crippen LogP contribution in [-0.2, 0) is 13.1 Å². The molecule has 2 aromatic heterocycles. The van der Waals surface area contributed by atoms with Crippen LogP contribution in [0.25, 0.3) is 10.2 Å². The number of halogens is 1. The van der Waals surface area contributed by atoms with Gasteiger partial charge >= 0.3 is 0 Å². The van der Waals surface area contributed by atoms with E-state index in [1.807, 2.05) is 12.1 Å². The van der Waals surface area contributed by atoms with Crippen molar-refractivity contribution in [2.45, 2.75) is 32.4 Å². The molecule has 5 heteroatoms. The van der Waals surface area contributed by atoms with Crippen molar-refractivity contribution in [2.75, 3.05) is 0 Å². The van der Waals surface area contributed by atoms with Crippen LogP contribution in [0.3, 0.4) is 0 Å². The van der Waals surface area contributed by atoms with Gasteiger partial charge in [-0.1, -0.05) is 18.6 Å². The lowest BCUT2D eigenvalue weighted by Gasteiger charge is -2.26. The van der Waals surface area contributed by atoms with Gasteiger partial charge in [0.1, 0.15) is 11.5 Å². The van der Waals surface area contributed by atoms with Crippen molar-refractivity contribution in [3.63, 3.8) is 0 Å². The van der Waals surface area contributed by atoms with Gasteiger partial charge in [-0.3, -0.25) is 4.79 Å². The fraction of sp³-hybridized carbons (Fsp3) is 0.316. The fourth-order valence-corrected chi connectivity index (χ4v) is 4.04. The minimum absolute atomic E-state index is 0.0954. The number of hydrogen-bond donors (Lipinski definition) is 1. The highest BCUT2D eigenvalue weighted by molar-refractivity contribution is 7.17. The Morgan fingerprint density at radius 2 is 2.17 bits per heavy atom. The fourth-order valence-electron chi connectivity index (χ4n) is 3.22. The van der Waals surface area contributed by atoms with Gasteiger partial charge in [0.15, 0.2) is 0 Å². The summed E-state index contributed by atoms with van der Waals surface area (Å²) in [6.07, 6.45) is 3.78. The molecule has 1 aliphatic rings. The first-order valence-electron chi connectivity index (χ1n) is 8.30. The predicted molar refractivity (Wildman–Crippen MR) is 94.7 cm³/mol. The molecule has 1 aromatic carbocycles. The number of amides is 1. The molecule has 0 spiro atoms. The average molecular weight is 342 g/mol. The summed E-state index contributed by atoms with van der Waals surface area (Å²) >= 11 is 1.66. The maximum atomic E-state index is 13.2. The van der Waals surface area contributed by atoms with Crippen molar-refractivity contribution in [1.29, 1.82) is 0 Å². The molecule has 0 aliphatic heterocycles. The van der Waals surface area contributed by atoms with E-state index in [0.29, 0.717) is 18.2 Å². The quantitative estimate of drug-likeness (QED) is 0.724. The van der Waals surface area contributed by atoms with Crippen molar-refractivity contribution in [2.24, 2.45) is 5.92 Å². The molecular formula is C19H19FN2OS. The van der Waals surface area contributed by atoms with Crippen LogP contribution in [-0.4, -0.2) is 10.5 Å². The molecular weight excluding hydrogens is 323 g/mol. The van der Waals surface area contributed by atoms with Crippen LogP contribution >= 0.6 is 11.3 Å². The smallest absolute Gasteiger partial charge is 0.268 e. The normalized spacial score (nSPS) is 14.7. The van der Waals surface area contributed by atoms with Crippen LogP contribution in [0.2, 0.25) is 0 Å². The van der Waals surface area contributed by atoms with Crippen LogP contribution in [0, 0.1) is 11.7 Å². The van der Waals surface area contributed by atoms with E-state index in [1.54, 1.807) is 17.4 Å². The minimum atomic E-state index is -0.282. The first kappa shape index (κ1) is 15.4. The number of rotatable bonds is 5. The van der Waals surface area contributed by atoms with Gasteiger partial charge in [-0.05, 0) is 54.0 Å². The summed E-state index contributed by atoms with van der Waals surface area (Å²) < 4.78 is 16.5. The summed E-state index contributed by atoms with van der Waals surface area (Å²) in [6, 6.07) is 10.4. The Kier molecular flexibility index (Phi) is 4.10. The van der Waals surface area contributed by atoms with Crippen molar-refractivity contribution in [3.8, 4) is 0 Å². The summed E-state index contributed by atoms with van der Waals surface area (Å²) in [7, 11) is 0. The third-order valence-electron chi connectivity index (χ3n) is 4.76. The standard InChI is InChI=1S/C19H19FN2OS/c20-15-6-2-5-14(9-15)11-21-19(23)17-10-18-16(7-8-24-18)22(17)12-13-3-1-4-13/h2,5-10,13H,1,3-4,11-12H2,(H,21,23). The number of nitrogens with one attached hydrogen (secondary N) is 1. The van der Waals surface area contributed by atoms with Gasteiger partial charge in [0.25, 0.3) is 5.91 Å². The van der Waals surface area contributed by atoms with Crippen molar-refractivity contribution in [1.82, 2.24) is 9.88 Å². The zero-order valence-corrected chi connectivity index (χ0v) is 14.1. The number of carbonyl (C=O) groups is 1. The second kappa shape index (κ2) is 6.40. The van der Waals surface area contributed by atoms with E-state index in [9.17, 15) is 9.18 Å². The Labute approximate surface area is 144 Å². The lowest BCUT2D eigenvalue weighted by atomic mass is 9.85. The van der Waals surface area contributed by atoms with Gasteiger partial charge in [-0.25, -0.2) is 4.39 Å². The molecule has 4 rings (SSSR count). The molecule has 1 saturated carbocycles. The average Bonchev–Trinajstić information content (AvgIpc) is 3.10. The summed E-state index contributed by atoms with van der Waals surface area (Å²) in [5.74, 6) is 0.299. The summed E-state index contributed by atoms with van der Waals surface area (Å²) in [6.45, 7) is 1.24. The molecule has 0 atom stereocenters. The molecule has 0 saturated heterocycles. The van der Waals surface area contributed by atoms with Gasteiger partial charge in [-0.2, -0.15) is 0 Å². The highest BCUT2D eigenvalue weighted by atomic mass is 32.1. The molecule has 1 fully saturated rings. The third-order valence-corrected chi connectivity index (χ3v) is 5.62.